The molecule has 3 rings (SSSR count). The minimum atomic E-state index is 0.740. The van der Waals surface area contributed by atoms with Crippen LogP contribution in [0.5, 0.6) is 0 Å². The van der Waals surface area contributed by atoms with E-state index in [1.165, 1.54) is 0 Å². The average Bonchev–Trinajstić information content (AvgIpc) is 2.76. The molecule has 0 saturated heterocycles. The number of benzene rings is 1. The fourth-order valence-electron chi connectivity index (χ4n) is 1.63. The molecule has 0 aliphatic carbocycles. The van der Waals surface area contributed by atoms with Crippen molar-refractivity contribution < 1.29 is 0 Å². The monoisotopic (exact) mass is 337 g/mol. The molecule has 2 aromatic heterocycles. The van der Waals surface area contributed by atoms with E-state index in [2.05, 4.69) is 37.8 Å². The molecule has 0 radical (unpaired) electrons. The molecule has 0 atom stereocenters. The van der Waals surface area contributed by atoms with Crippen LogP contribution in [0.1, 0.15) is 0 Å². The summed E-state index contributed by atoms with van der Waals surface area (Å²) in [6.07, 6.45) is 3.38. The van der Waals surface area contributed by atoms with E-state index in [-0.39, 0.29) is 0 Å². The highest BCUT2D eigenvalue weighted by molar-refractivity contribution is 14.1. The zero-order valence-electron chi connectivity index (χ0n) is 8.71. The van der Waals surface area contributed by atoms with Gasteiger partial charge in [0.15, 0.2) is 11.5 Å². The fourth-order valence-corrected chi connectivity index (χ4v) is 1.96. The Hall–Kier alpha value is -1.70. The summed E-state index contributed by atoms with van der Waals surface area (Å²) in [4.78, 5) is 4.06. The number of fused-ring (bicyclic) bond motifs is 1. The Morgan fingerprint density at radius 3 is 2.88 bits per heavy atom. The van der Waals surface area contributed by atoms with Gasteiger partial charge in [0, 0.05) is 27.1 Å². The minimum absolute atomic E-state index is 0.740. The van der Waals surface area contributed by atoms with E-state index in [0.717, 1.165) is 26.3 Å². The van der Waals surface area contributed by atoms with Crippen LogP contribution < -0.4 is 5.73 Å². The lowest BCUT2D eigenvalue weighted by atomic mass is 10.2. The van der Waals surface area contributed by atoms with Gasteiger partial charge in [-0.05, 0) is 40.8 Å². The lowest BCUT2D eigenvalue weighted by Crippen LogP contribution is -1.93. The van der Waals surface area contributed by atoms with Crippen LogP contribution in [0.3, 0.4) is 0 Å². The van der Waals surface area contributed by atoms with Crippen LogP contribution in [0.2, 0.25) is 0 Å². The summed E-state index contributed by atoms with van der Waals surface area (Å²) in [5, 5.41) is 8.23. The lowest BCUT2D eigenvalue weighted by molar-refractivity contribution is 1.08. The van der Waals surface area contributed by atoms with Crippen molar-refractivity contribution in [1.29, 1.82) is 0 Å². The number of nitrogens with zero attached hydrogens (tertiary/aromatic N) is 4. The highest BCUT2D eigenvalue weighted by atomic mass is 127. The predicted octanol–water partition coefficient (Wildman–Crippen LogP) is 1.98. The van der Waals surface area contributed by atoms with E-state index >= 15 is 0 Å². The van der Waals surface area contributed by atoms with Crippen molar-refractivity contribution in [3.05, 3.63) is 40.4 Å². The molecule has 0 aliphatic heterocycles. The van der Waals surface area contributed by atoms with Crippen molar-refractivity contribution in [2.75, 3.05) is 5.73 Å². The fraction of sp³-hybridized carbons (Fsp3) is 0. The molecule has 17 heavy (non-hydrogen) atoms. The molecule has 84 valence electrons. The summed E-state index contributed by atoms with van der Waals surface area (Å²) in [6.45, 7) is 0. The van der Waals surface area contributed by atoms with E-state index in [1.54, 1.807) is 12.5 Å². The summed E-state index contributed by atoms with van der Waals surface area (Å²) in [6, 6.07) is 7.64. The van der Waals surface area contributed by atoms with Crippen LogP contribution in [-0.2, 0) is 0 Å². The van der Waals surface area contributed by atoms with Gasteiger partial charge in [-0.3, -0.25) is 4.40 Å². The normalized spacial score (nSPS) is 10.9. The lowest BCUT2D eigenvalue weighted by Gasteiger charge is -2.02. The number of anilines is 1. The van der Waals surface area contributed by atoms with Gasteiger partial charge in [0.25, 0.3) is 0 Å². The van der Waals surface area contributed by atoms with E-state index in [1.807, 2.05) is 28.7 Å². The molecule has 0 aliphatic rings. The first-order chi connectivity index (χ1) is 8.25. The van der Waals surface area contributed by atoms with Crippen molar-refractivity contribution in [1.82, 2.24) is 19.6 Å². The second-order valence-corrected chi connectivity index (χ2v) is 4.73. The molecule has 1 aromatic carbocycles. The Labute approximate surface area is 111 Å². The minimum Gasteiger partial charge on any atom is -0.398 e. The molecule has 0 unspecified atom stereocenters. The summed E-state index contributed by atoms with van der Waals surface area (Å²) in [7, 11) is 0. The number of halogens is 1. The van der Waals surface area contributed by atoms with Crippen LogP contribution in [-0.4, -0.2) is 19.6 Å². The van der Waals surface area contributed by atoms with Gasteiger partial charge in [-0.2, -0.15) is 0 Å². The molecule has 6 heteroatoms. The standard InChI is InChI=1S/C11H8IN5/c12-8-2-1-7(5-9(8)13)11-16-15-10-3-4-14-6-17(10)11/h1-6H,13H2. The van der Waals surface area contributed by atoms with Crippen LogP contribution in [0.4, 0.5) is 5.69 Å². The van der Waals surface area contributed by atoms with Crippen molar-refractivity contribution in [2.24, 2.45) is 0 Å². The van der Waals surface area contributed by atoms with E-state index in [0.29, 0.717) is 0 Å². The maximum Gasteiger partial charge on any atom is 0.169 e. The smallest absolute Gasteiger partial charge is 0.169 e. The summed E-state index contributed by atoms with van der Waals surface area (Å²) >= 11 is 2.20. The second kappa shape index (κ2) is 3.95. The van der Waals surface area contributed by atoms with Gasteiger partial charge < -0.3 is 5.73 Å². The third kappa shape index (κ3) is 1.74. The first-order valence-electron chi connectivity index (χ1n) is 4.96. The average molecular weight is 337 g/mol. The zero-order valence-corrected chi connectivity index (χ0v) is 10.9. The summed E-state index contributed by atoms with van der Waals surface area (Å²) in [5.74, 6) is 0.746. The second-order valence-electron chi connectivity index (χ2n) is 3.57. The van der Waals surface area contributed by atoms with E-state index in [4.69, 9.17) is 5.73 Å². The Morgan fingerprint density at radius 2 is 2.06 bits per heavy atom. The molecule has 5 nitrogen and oxygen atoms in total. The molecule has 0 amide bonds. The molecule has 0 spiro atoms. The first-order valence-corrected chi connectivity index (χ1v) is 6.04. The molecule has 0 fully saturated rings. The van der Waals surface area contributed by atoms with Crippen LogP contribution in [0.15, 0.2) is 36.8 Å². The first kappa shape index (κ1) is 10.5. The van der Waals surface area contributed by atoms with Crippen molar-refractivity contribution in [3.63, 3.8) is 0 Å². The third-order valence-corrected chi connectivity index (χ3v) is 3.45. The number of hydrogen-bond donors (Lipinski definition) is 1. The maximum atomic E-state index is 5.89. The number of nitrogen functional groups attached to an aromatic ring is 1. The van der Waals surface area contributed by atoms with Crippen molar-refractivity contribution in [2.45, 2.75) is 0 Å². The maximum absolute atomic E-state index is 5.89. The van der Waals surface area contributed by atoms with Gasteiger partial charge >= 0.3 is 0 Å². The van der Waals surface area contributed by atoms with E-state index in [9.17, 15) is 0 Å². The van der Waals surface area contributed by atoms with Gasteiger partial charge in [0.2, 0.25) is 0 Å². The number of hydrogen-bond acceptors (Lipinski definition) is 4. The highest BCUT2D eigenvalue weighted by Crippen LogP contribution is 2.23. The predicted molar refractivity (Wildman–Crippen MR) is 73.3 cm³/mol. The number of nitrogens with two attached hydrogens (primary N) is 1. The highest BCUT2D eigenvalue weighted by Gasteiger charge is 2.08. The van der Waals surface area contributed by atoms with Gasteiger partial charge in [-0.1, -0.05) is 0 Å². The molecule has 0 bridgehead atoms. The van der Waals surface area contributed by atoms with Gasteiger partial charge in [0.1, 0.15) is 6.33 Å². The molecule has 2 N–H and O–H groups in total. The number of rotatable bonds is 1. The Kier molecular flexibility index (Phi) is 2.43. The molecular weight excluding hydrogens is 329 g/mol. The Bertz CT molecular complexity index is 691. The topological polar surface area (TPSA) is 69.1 Å². The quantitative estimate of drug-likeness (QED) is 0.545. The van der Waals surface area contributed by atoms with Crippen molar-refractivity contribution in [3.8, 4) is 11.4 Å². The van der Waals surface area contributed by atoms with Gasteiger partial charge in [-0.25, -0.2) is 4.98 Å². The summed E-state index contributed by atoms with van der Waals surface area (Å²) in [5.41, 5.74) is 8.33. The SMILES string of the molecule is Nc1cc(-c2nnc3ccncn23)ccc1I. The van der Waals surface area contributed by atoms with Crippen molar-refractivity contribution >= 4 is 33.9 Å². The Balaban J connectivity index is 2.24. The molecule has 0 saturated carbocycles. The zero-order chi connectivity index (χ0) is 11.8. The van der Waals surface area contributed by atoms with Crippen LogP contribution in [0, 0.1) is 3.57 Å². The van der Waals surface area contributed by atoms with Gasteiger partial charge in [-0.15, -0.1) is 10.2 Å². The largest absolute Gasteiger partial charge is 0.398 e. The number of aromatic nitrogens is 4. The van der Waals surface area contributed by atoms with E-state index < -0.39 is 0 Å². The summed E-state index contributed by atoms with van der Waals surface area (Å²) < 4.78 is 2.86. The van der Waals surface area contributed by atoms with Crippen LogP contribution in [0.25, 0.3) is 17.0 Å². The molecule has 2 heterocycles. The Morgan fingerprint density at radius 1 is 1.18 bits per heavy atom. The third-order valence-electron chi connectivity index (χ3n) is 2.47. The van der Waals surface area contributed by atoms with Gasteiger partial charge in [0.05, 0.1) is 0 Å². The molecule has 3 aromatic rings. The van der Waals surface area contributed by atoms with Crippen LogP contribution >= 0.6 is 22.6 Å². The molecular formula is C11H8IN5.